The summed E-state index contributed by atoms with van der Waals surface area (Å²) in [4.78, 5) is 15.3. The van der Waals surface area contributed by atoms with Crippen molar-refractivity contribution in [2.75, 3.05) is 0 Å². The Hall–Kier alpha value is -1.22. The number of rotatable bonds is 1. The second-order valence-electron chi connectivity index (χ2n) is 3.12. The fraction of sp³-hybridized carbons (Fsp3) is 0.0909. The molecule has 1 heterocycles. The van der Waals surface area contributed by atoms with Gasteiger partial charge in [-0.1, -0.05) is 15.9 Å². The molecule has 0 aliphatic carbocycles. The van der Waals surface area contributed by atoms with Gasteiger partial charge in [-0.2, -0.15) is 0 Å². The van der Waals surface area contributed by atoms with Crippen molar-refractivity contribution in [3.63, 3.8) is 0 Å². The molecule has 0 unspecified atom stereocenters. The van der Waals surface area contributed by atoms with Crippen LogP contribution in [0.5, 0.6) is 0 Å². The number of hydrogen-bond donors (Lipinski definition) is 0. The minimum Gasteiger partial charge on any atom is -0.294 e. The predicted molar refractivity (Wildman–Crippen MR) is 59.4 cm³/mol. The molecule has 0 saturated carbocycles. The largest absolute Gasteiger partial charge is 0.294 e. The van der Waals surface area contributed by atoms with E-state index in [2.05, 4.69) is 20.9 Å². The monoisotopic (exact) mass is 249 g/mol. The number of carbonyl (C=O) groups excluding carboxylic acids is 1. The van der Waals surface area contributed by atoms with Crippen LogP contribution in [0.1, 0.15) is 17.3 Å². The molecule has 1 aromatic carbocycles. The maximum absolute atomic E-state index is 11.1. The number of ketones is 1. The topological polar surface area (TPSA) is 30.0 Å². The van der Waals surface area contributed by atoms with E-state index in [9.17, 15) is 4.79 Å². The van der Waals surface area contributed by atoms with Crippen molar-refractivity contribution in [1.29, 1.82) is 0 Å². The van der Waals surface area contributed by atoms with Crippen molar-refractivity contribution >= 4 is 32.6 Å². The van der Waals surface area contributed by atoms with Crippen LogP contribution >= 0.6 is 15.9 Å². The third-order valence-electron chi connectivity index (χ3n) is 2.05. The molecule has 70 valence electrons. The van der Waals surface area contributed by atoms with Crippen LogP contribution in [0.2, 0.25) is 0 Å². The zero-order chi connectivity index (χ0) is 10.1. The van der Waals surface area contributed by atoms with Gasteiger partial charge in [-0.05, 0) is 31.2 Å². The third kappa shape index (κ3) is 1.68. The van der Waals surface area contributed by atoms with E-state index in [0.29, 0.717) is 5.56 Å². The lowest BCUT2D eigenvalue weighted by Gasteiger charge is -1.99. The smallest absolute Gasteiger partial charge is 0.161 e. The summed E-state index contributed by atoms with van der Waals surface area (Å²) < 4.78 is 0.993. The highest BCUT2D eigenvalue weighted by Crippen LogP contribution is 2.19. The quantitative estimate of drug-likeness (QED) is 0.727. The number of fused-ring (bicyclic) bond motifs is 1. The zero-order valence-corrected chi connectivity index (χ0v) is 9.21. The molecule has 0 fully saturated rings. The van der Waals surface area contributed by atoms with Crippen LogP contribution < -0.4 is 0 Å². The second-order valence-corrected chi connectivity index (χ2v) is 4.03. The van der Waals surface area contributed by atoms with Crippen molar-refractivity contribution in [3.05, 3.63) is 40.5 Å². The van der Waals surface area contributed by atoms with Crippen molar-refractivity contribution in [1.82, 2.24) is 4.98 Å². The Kier molecular flexibility index (Phi) is 2.33. The Labute approximate surface area is 90.1 Å². The number of benzene rings is 1. The van der Waals surface area contributed by atoms with Crippen LogP contribution in [0.15, 0.2) is 34.9 Å². The number of halogens is 1. The number of nitrogens with zero attached hydrogens (tertiary/aromatic N) is 1. The zero-order valence-electron chi connectivity index (χ0n) is 7.62. The molecule has 2 nitrogen and oxygen atoms in total. The van der Waals surface area contributed by atoms with Crippen LogP contribution in [0, 0.1) is 0 Å². The van der Waals surface area contributed by atoms with Gasteiger partial charge in [0.1, 0.15) is 0 Å². The number of aromatic nitrogens is 1. The first-order valence-electron chi connectivity index (χ1n) is 4.23. The lowest BCUT2D eigenvalue weighted by atomic mass is 10.1. The van der Waals surface area contributed by atoms with Crippen molar-refractivity contribution < 1.29 is 4.79 Å². The minimum atomic E-state index is 0.0411. The van der Waals surface area contributed by atoms with Crippen molar-refractivity contribution in [3.8, 4) is 0 Å². The second kappa shape index (κ2) is 3.50. The highest BCUT2D eigenvalue weighted by molar-refractivity contribution is 9.10. The Bertz CT molecular complexity index is 508. The molecule has 2 rings (SSSR count). The van der Waals surface area contributed by atoms with Gasteiger partial charge in [0.25, 0.3) is 0 Å². The molecule has 0 radical (unpaired) electrons. The summed E-state index contributed by atoms with van der Waals surface area (Å²) in [6.45, 7) is 1.54. The van der Waals surface area contributed by atoms with Crippen LogP contribution in [0.4, 0.5) is 0 Å². The molecule has 0 saturated heterocycles. The summed E-state index contributed by atoms with van der Waals surface area (Å²) in [6.07, 6.45) is 1.61. The van der Waals surface area contributed by atoms with Crippen molar-refractivity contribution in [2.45, 2.75) is 6.92 Å². The molecule has 0 bridgehead atoms. The number of carbonyl (C=O) groups is 1. The lowest BCUT2D eigenvalue weighted by molar-refractivity contribution is 0.101. The first-order valence-corrected chi connectivity index (χ1v) is 5.02. The van der Waals surface area contributed by atoms with Gasteiger partial charge in [-0.25, -0.2) is 0 Å². The predicted octanol–water partition coefficient (Wildman–Crippen LogP) is 3.20. The molecule has 0 aliphatic heterocycles. The van der Waals surface area contributed by atoms with Gasteiger partial charge in [0.05, 0.1) is 5.52 Å². The summed E-state index contributed by atoms with van der Waals surface area (Å²) in [6, 6.07) is 7.66. The number of pyridine rings is 1. The first kappa shape index (κ1) is 9.34. The number of hydrogen-bond acceptors (Lipinski definition) is 2. The maximum atomic E-state index is 11.1. The van der Waals surface area contributed by atoms with Gasteiger partial charge in [0, 0.05) is 21.6 Å². The fourth-order valence-corrected chi connectivity index (χ4v) is 1.67. The maximum Gasteiger partial charge on any atom is 0.161 e. The molecule has 0 N–H and O–H groups in total. The molecule has 3 heteroatoms. The van der Waals surface area contributed by atoms with Crippen LogP contribution in [-0.2, 0) is 0 Å². The fourth-order valence-electron chi connectivity index (χ4n) is 1.29. The van der Waals surface area contributed by atoms with Crippen LogP contribution in [0.3, 0.4) is 0 Å². The SMILES string of the molecule is CC(=O)c1cnc2ccc(Br)cc2c1. The molecule has 0 aliphatic rings. The average molecular weight is 250 g/mol. The van der Waals surface area contributed by atoms with E-state index in [-0.39, 0.29) is 5.78 Å². The molecular weight excluding hydrogens is 242 g/mol. The van der Waals surface area contributed by atoms with Gasteiger partial charge >= 0.3 is 0 Å². The minimum absolute atomic E-state index is 0.0411. The summed E-state index contributed by atoms with van der Waals surface area (Å²) in [5.41, 5.74) is 1.55. The van der Waals surface area contributed by atoms with Gasteiger partial charge in [0.2, 0.25) is 0 Å². The van der Waals surface area contributed by atoms with E-state index < -0.39 is 0 Å². The van der Waals surface area contributed by atoms with Crippen LogP contribution in [0.25, 0.3) is 10.9 Å². The van der Waals surface area contributed by atoms with E-state index in [4.69, 9.17) is 0 Å². The average Bonchev–Trinajstić information content (AvgIpc) is 2.16. The summed E-state index contributed by atoms with van der Waals surface area (Å²) in [5, 5.41) is 0.979. The Morgan fingerprint density at radius 2 is 2.14 bits per heavy atom. The standard InChI is InChI=1S/C11H8BrNO/c1-7(14)9-4-8-5-10(12)2-3-11(8)13-6-9/h2-6H,1H3. The Morgan fingerprint density at radius 3 is 2.86 bits per heavy atom. The third-order valence-corrected chi connectivity index (χ3v) is 2.54. The molecule has 0 spiro atoms. The Balaban J connectivity index is 2.69. The van der Waals surface area contributed by atoms with Crippen molar-refractivity contribution in [2.24, 2.45) is 0 Å². The lowest BCUT2D eigenvalue weighted by Crippen LogP contribution is -1.93. The molecule has 14 heavy (non-hydrogen) atoms. The molecule has 1 aromatic heterocycles. The molecular formula is C11H8BrNO. The molecule has 0 amide bonds. The van der Waals surface area contributed by atoms with Gasteiger partial charge < -0.3 is 0 Å². The van der Waals surface area contributed by atoms with Gasteiger partial charge in [-0.15, -0.1) is 0 Å². The summed E-state index contributed by atoms with van der Waals surface area (Å²) >= 11 is 3.38. The highest BCUT2D eigenvalue weighted by atomic mass is 79.9. The molecule has 0 atom stereocenters. The Morgan fingerprint density at radius 1 is 1.36 bits per heavy atom. The van der Waals surface area contributed by atoms with E-state index in [1.165, 1.54) is 0 Å². The summed E-state index contributed by atoms with van der Waals surface area (Å²) in [7, 11) is 0. The highest BCUT2D eigenvalue weighted by Gasteiger charge is 2.01. The summed E-state index contributed by atoms with van der Waals surface area (Å²) in [5.74, 6) is 0.0411. The van der Waals surface area contributed by atoms with E-state index in [0.717, 1.165) is 15.4 Å². The van der Waals surface area contributed by atoms with Gasteiger partial charge in [0.15, 0.2) is 5.78 Å². The normalized spacial score (nSPS) is 10.4. The first-order chi connectivity index (χ1) is 6.66. The van der Waals surface area contributed by atoms with Gasteiger partial charge in [-0.3, -0.25) is 9.78 Å². The van der Waals surface area contributed by atoms with E-state index in [1.807, 2.05) is 24.3 Å². The van der Waals surface area contributed by atoms with E-state index in [1.54, 1.807) is 13.1 Å². The molecule has 2 aromatic rings. The number of Topliss-reactive ketones (excluding diaryl/α,β-unsaturated/α-hetero) is 1. The van der Waals surface area contributed by atoms with E-state index >= 15 is 0 Å². The van der Waals surface area contributed by atoms with Crippen LogP contribution in [-0.4, -0.2) is 10.8 Å².